The maximum absolute atomic E-state index is 11.1. The van der Waals surface area contributed by atoms with Crippen molar-refractivity contribution < 1.29 is 12.9 Å². The minimum atomic E-state index is -3.39. The number of rotatable bonds is 4. The summed E-state index contributed by atoms with van der Waals surface area (Å²) in [5.41, 5.74) is 0.614. The Balaban J connectivity index is 2.69. The molecule has 0 spiro atoms. The summed E-state index contributed by atoms with van der Waals surface area (Å²) < 4.78 is 29.1. The van der Waals surface area contributed by atoms with Crippen LogP contribution in [0, 0.1) is 6.92 Å². The van der Waals surface area contributed by atoms with E-state index in [0.29, 0.717) is 5.69 Å². The van der Waals surface area contributed by atoms with E-state index in [1.807, 2.05) is 0 Å². The van der Waals surface area contributed by atoms with Crippen LogP contribution in [0.5, 0.6) is 0 Å². The molecule has 7 heteroatoms. The van der Waals surface area contributed by atoms with Crippen LogP contribution in [0.25, 0.3) is 0 Å². The van der Waals surface area contributed by atoms with Crippen molar-refractivity contribution in [1.82, 2.24) is 5.16 Å². The second kappa shape index (κ2) is 3.97. The van der Waals surface area contributed by atoms with Crippen LogP contribution in [-0.4, -0.2) is 25.2 Å². The zero-order valence-corrected chi connectivity index (χ0v) is 8.52. The van der Waals surface area contributed by atoms with E-state index in [1.165, 1.54) is 6.07 Å². The molecular weight excluding hydrogens is 216 g/mol. The van der Waals surface area contributed by atoms with Gasteiger partial charge in [0, 0.05) is 11.9 Å². The van der Waals surface area contributed by atoms with Crippen molar-refractivity contribution in [2.75, 3.05) is 16.4 Å². The first-order chi connectivity index (χ1) is 6.03. The molecule has 0 bridgehead atoms. The summed E-state index contributed by atoms with van der Waals surface area (Å²) in [5, 5.41) is 3.53. The number of aryl methyl sites for hydroxylation is 1. The molecule has 5 nitrogen and oxygen atoms in total. The highest BCUT2D eigenvalue weighted by molar-refractivity contribution is 7.92. The molecule has 0 unspecified atom stereocenters. The van der Waals surface area contributed by atoms with Crippen molar-refractivity contribution in [3.8, 4) is 0 Å². The summed E-state index contributed by atoms with van der Waals surface area (Å²) >= 11 is 5.29. The van der Waals surface area contributed by atoms with Gasteiger partial charge in [-0.3, -0.25) is 4.72 Å². The number of sulfonamides is 1. The van der Waals surface area contributed by atoms with Gasteiger partial charge in [-0.25, -0.2) is 8.42 Å². The molecule has 0 aliphatic rings. The van der Waals surface area contributed by atoms with Crippen molar-refractivity contribution in [3.05, 3.63) is 11.8 Å². The smallest absolute Gasteiger partial charge is 0.238 e. The fourth-order valence-corrected chi connectivity index (χ4v) is 2.03. The molecule has 74 valence electrons. The van der Waals surface area contributed by atoms with Crippen molar-refractivity contribution in [3.63, 3.8) is 0 Å². The van der Waals surface area contributed by atoms with Gasteiger partial charge in [-0.2, -0.15) is 0 Å². The molecule has 0 saturated carbocycles. The zero-order chi connectivity index (χ0) is 9.90. The predicted molar refractivity (Wildman–Crippen MR) is 49.4 cm³/mol. The SMILES string of the molecule is Cc1cc(NS(=O)(=O)CCCl)on1. The molecule has 0 aromatic carbocycles. The lowest BCUT2D eigenvalue weighted by Crippen LogP contribution is -2.17. The summed E-state index contributed by atoms with van der Waals surface area (Å²) in [6.45, 7) is 1.70. The van der Waals surface area contributed by atoms with Gasteiger partial charge < -0.3 is 4.52 Å². The Morgan fingerprint density at radius 1 is 1.69 bits per heavy atom. The lowest BCUT2D eigenvalue weighted by atomic mass is 10.5. The van der Waals surface area contributed by atoms with Crippen LogP contribution < -0.4 is 4.72 Å². The molecule has 0 aliphatic carbocycles. The first-order valence-corrected chi connectivity index (χ1v) is 5.72. The Morgan fingerprint density at radius 3 is 2.85 bits per heavy atom. The first-order valence-electron chi connectivity index (χ1n) is 3.53. The zero-order valence-electron chi connectivity index (χ0n) is 6.95. The topological polar surface area (TPSA) is 72.2 Å². The first kappa shape index (κ1) is 10.3. The summed E-state index contributed by atoms with van der Waals surface area (Å²) in [6, 6.07) is 1.49. The highest BCUT2D eigenvalue weighted by Gasteiger charge is 2.11. The Labute approximate surface area is 81.1 Å². The van der Waals surface area contributed by atoms with Crippen LogP contribution in [0.15, 0.2) is 10.6 Å². The Kier molecular flexibility index (Phi) is 3.16. The lowest BCUT2D eigenvalue weighted by molar-refractivity contribution is 0.430. The van der Waals surface area contributed by atoms with Crippen LogP contribution >= 0.6 is 11.6 Å². The number of hydrogen-bond acceptors (Lipinski definition) is 4. The van der Waals surface area contributed by atoms with E-state index < -0.39 is 10.0 Å². The van der Waals surface area contributed by atoms with E-state index in [4.69, 9.17) is 11.6 Å². The van der Waals surface area contributed by atoms with Gasteiger partial charge >= 0.3 is 0 Å². The molecule has 1 N–H and O–H groups in total. The van der Waals surface area contributed by atoms with E-state index in [1.54, 1.807) is 6.92 Å². The molecule has 0 atom stereocenters. The van der Waals surface area contributed by atoms with E-state index in [0.717, 1.165) is 0 Å². The molecule has 1 heterocycles. The average molecular weight is 225 g/mol. The van der Waals surface area contributed by atoms with Crippen LogP contribution in [0.4, 0.5) is 5.88 Å². The van der Waals surface area contributed by atoms with Gasteiger partial charge in [0.2, 0.25) is 15.9 Å². The second-order valence-corrected chi connectivity index (χ2v) is 4.66. The van der Waals surface area contributed by atoms with E-state index >= 15 is 0 Å². The molecule has 0 radical (unpaired) electrons. The number of hydrogen-bond donors (Lipinski definition) is 1. The van der Waals surface area contributed by atoms with Crippen molar-refractivity contribution >= 4 is 27.5 Å². The van der Waals surface area contributed by atoms with Crippen LogP contribution in [0.1, 0.15) is 5.69 Å². The molecule has 1 aromatic rings. The molecular formula is C6H9ClN2O3S. The third-order valence-electron chi connectivity index (χ3n) is 1.23. The Bertz CT molecular complexity index is 373. The van der Waals surface area contributed by atoms with E-state index in [-0.39, 0.29) is 17.5 Å². The summed E-state index contributed by atoms with van der Waals surface area (Å²) in [4.78, 5) is 0. The molecule has 0 saturated heterocycles. The van der Waals surface area contributed by atoms with Gasteiger partial charge in [-0.05, 0) is 6.92 Å². The van der Waals surface area contributed by atoms with E-state index in [2.05, 4.69) is 14.4 Å². The molecule has 0 aliphatic heterocycles. The maximum atomic E-state index is 11.1. The largest absolute Gasteiger partial charge is 0.338 e. The minimum Gasteiger partial charge on any atom is -0.338 e. The Hall–Kier alpha value is -0.750. The van der Waals surface area contributed by atoms with Crippen molar-refractivity contribution in [1.29, 1.82) is 0 Å². The number of anilines is 1. The van der Waals surface area contributed by atoms with Crippen LogP contribution in [-0.2, 0) is 10.0 Å². The normalized spacial score (nSPS) is 11.5. The highest BCUT2D eigenvalue weighted by atomic mass is 35.5. The lowest BCUT2D eigenvalue weighted by Gasteiger charge is -2.00. The third-order valence-corrected chi connectivity index (χ3v) is 2.90. The van der Waals surface area contributed by atoms with Gasteiger partial charge in [0.15, 0.2) is 0 Å². The van der Waals surface area contributed by atoms with Gasteiger partial charge in [-0.1, -0.05) is 5.16 Å². The highest BCUT2D eigenvalue weighted by Crippen LogP contribution is 2.10. The molecule has 1 aromatic heterocycles. The van der Waals surface area contributed by atoms with Crippen molar-refractivity contribution in [2.24, 2.45) is 0 Å². The average Bonchev–Trinajstić information content (AvgIpc) is 2.34. The van der Waals surface area contributed by atoms with E-state index in [9.17, 15) is 8.42 Å². The fraction of sp³-hybridized carbons (Fsp3) is 0.500. The van der Waals surface area contributed by atoms with Gasteiger partial charge in [0.1, 0.15) is 0 Å². The van der Waals surface area contributed by atoms with Crippen molar-refractivity contribution in [2.45, 2.75) is 6.92 Å². The molecule has 1 rings (SSSR count). The number of alkyl halides is 1. The van der Waals surface area contributed by atoms with Crippen LogP contribution in [0.2, 0.25) is 0 Å². The Morgan fingerprint density at radius 2 is 2.38 bits per heavy atom. The number of aromatic nitrogens is 1. The van der Waals surface area contributed by atoms with Gasteiger partial charge in [0.05, 0.1) is 11.4 Å². The molecule has 13 heavy (non-hydrogen) atoms. The predicted octanol–water partition coefficient (Wildman–Crippen LogP) is 0.964. The maximum Gasteiger partial charge on any atom is 0.238 e. The third kappa shape index (κ3) is 3.23. The van der Waals surface area contributed by atoms with Gasteiger partial charge in [-0.15, -0.1) is 11.6 Å². The summed E-state index contributed by atoms with van der Waals surface area (Å²) in [7, 11) is -3.39. The monoisotopic (exact) mass is 224 g/mol. The quantitative estimate of drug-likeness (QED) is 0.774. The molecule has 0 fully saturated rings. The standard InChI is InChI=1S/C6H9ClN2O3S/c1-5-4-6(12-8-5)9-13(10,11)3-2-7/h4,9H,2-3H2,1H3. The fourth-order valence-electron chi connectivity index (χ4n) is 0.718. The number of halogens is 1. The van der Waals surface area contributed by atoms with Gasteiger partial charge in [0.25, 0.3) is 0 Å². The number of nitrogens with zero attached hydrogens (tertiary/aromatic N) is 1. The van der Waals surface area contributed by atoms with Crippen LogP contribution in [0.3, 0.4) is 0 Å². The second-order valence-electron chi connectivity index (χ2n) is 2.44. The molecule has 0 amide bonds. The minimum absolute atomic E-state index is 0.0441. The number of nitrogens with one attached hydrogen (secondary N) is 1. The summed E-state index contributed by atoms with van der Waals surface area (Å²) in [6.07, 6.45) is 0. The summed E-state index contributed by atoms with van der Waals surface area (Å²) in [5.74, 6) is 0.0131.